The van der Waals surface area contributed by atoms with Gasteiger partial charge in [0.2, 0.25) is 5.91 Å². The van der Waals surface area contributed by atoms with Crippen LogP contribution in [0.15, 0.2) is 24.3 Å². The zero-order chi connectivity index (χ0) is 11.3. The molecule has 0 spiro atoms. The van der Waals surface area contributed by atoms with E-state index in [1.165, 1.54) is 0 Å². The molecule has 0 heterocycles. The van der Waals surface area contributed by atoms with Crippen molar-refractivity contribution in [2.75, 3.05) is 5.32 Å². The Kier molecular flexibility index (Phi) is 3.87. The molecule has 1 rings (SSSR count). The molecule has 3 heteroatoms. The van der Waals surface area contributed by atoms with Gasteiger partial charge in [-0.1, -0.05) is 17.7 Å². The molecule has 0 saturated carbocycles. The molecule has 0 fully saturated rings. The highest BCUT2D eigenvalue weighted by molar-refractivity contribution is 5.90. The smallest absolute Gasteiger partial charge is 0.225 e. The molecule has 0 aliphatic heterocycles. The predicted molar refractivity (Wildman–Crippen MR) is 59.2 cm³/mol. The Labute approximate surface area is 89.7 Å². The molecule has 0 aliphatic carbocycles. The van der Waals surface area contributed by atoms with E-state index in [9.17, 15) is 4.79 Å². The monoisotopic (exact) mass is 202 g/mol. The largest absolute Gasteiger partial charge is 0.326 e. The van der Waals surface area contributed by atoms with Gasteiger partial charge in [0.05, 0.1) is 12.0 Å². The maximum Gasteiger partial charge on any atom is 0.225 e. The predicted octanol–water partition coefficient (Wildman–Crippen LogP) is 2.48. The summed E-state index contributed by atoms with van der Waals surface area (Å²) in [6.45, 7) is 3.72. The average molecular weight is 202 g/mol. The zero-order valence-electron chi connectivity index (χ0n) is 8.95. The van der Waals surface area contributed by atoms with Gasteiger partial charge in [-0.3, -0.25) is 4.79 Å². The quantitative estimate of drug-likeness (QED) is 0.818. The summed E-state index contributed by atoms with van der Waals surface area (Å²) in [5.74, 6) is -0.358. The van der Waals surface area contributed by atoms with Crippen LogP contribution in [0.4, 0.5) is 5.69 Å². The van der Waals surface area contributed by atoms with Crippen LogP contribution in [-0.4, -0.2) is 5.91 Å². The van der Waals surface area contributed by atoms with E-state index in [4.69, 9.17) is 5.26 Å². The molecule has 1 atom stereocenters. The standard InChI is InChI=1S/C12H14N2O/c1-9-3-5-11(6-4-9)14-12(15)7-10(2)8-13/h3-6,10H,7H2,1-2H3,(H,14,15). The number of nitrogens with one attached hydrogen (secondary N) is 1. The Bertz CT molecular complexity index is 376. The second kappa shape index (κ2) is 5.16. The molecule has 0 radical (unpaired) electrons. The summed E-state index contributed by atoms with van der Waals surface area (Å²) in [5, 5.41) is 11.3. The molecule has 1 N–H and O–H groups in total. The summed E-state index contributed by atoms with van der Waals surface area (Å²) in [7, 11) is 0. The molecular weight excluding hydrogens is 188 g/mol. The third-order valence-electron chi connectivity index (χ3n) is 2.05. The fourth-order valence-electron chi connectivity index (χ4n) is 1.17. The van der Waals surface area contributed by atoms with E-state index in [-0.39, 0.29) is 18.2 Å². The van der Waals surface area contributed by atoms with Crippen LogP contribution < -0.4 is 5.32 Å². The van der Waals surface area contributed by atoms with Gasteiger partial charge >= 0.3 is 0 Å². The summed E-state index contributed by atoms with van der Waals surface area (Å²) in [4.78, 5) is 11.4. The van der Waals surface area contributed by atoms with Gasteiger partial charge in [0.15, 0.2) is 0 Å². The minimum atomic E-state index is -0.240. The average Bonchev–Trinajstić information content (AvgIpc) is 2.21. The molecule has 1 amide bonds. The van der Waals surface area contributed by atoms with E-state index in [0.717, 1.165) is 11.3 Å². The van der Waals surface area contributed by atoms with Gasteiger partial charge in [-0.05, 0) is 26.0 Å². The van der Waals surface area contributed by atoms with E-state index in [1.54, 1.807) is 6.92 Å². The maximum atomic E-state index is 11.4. The Morgan fingerprint density at radius 1 is 1.47 bits per heavy atom. The highest BCUT2D eigenvalue weighted by Gasteiger charge is 2.07. The van der Waals surface area contributed by atoms with E-state index in [1.807, 2.05) is 37.3 Å². The number of anilines is 1. The van der Waals surface area contributed by atoms with E-state index in [2.05, 4.69) is 5.32 Å². The van der Waals surface area contributed by atoms with Crippen LogP contribution in [0.1, 0.15) is 18.9 Å². The van der Waals surface area contributed by atoms with Crippen molar-refractivity contribution in [3.05, 3.63) is 29.8 Å². The van der Waals surface area contributed by atoms with Crippen molar-refractivity contribution in [3.63, 3.8) is 0 Å². The van der Waals surface area contributed by atoms with Crippen molar-refractivity contribution in [3.8, 4) is 6.07 Å². The zero-order valence-corrected chi connectivity index (χ0v) is 8.95. The topological polar surface area (TPSA) is 52.9 Å². The lowest BCUT2D eigenvalue weighted by Gasteiger charge is -2.05. The molecular formula is C12H14N2O. The van der Waals surface area contributed by atoms with Crippen LogP contribution in [0.3, 0.4) is 0 Å². The number of carbonyl (C=O) groups excluding carboxylic acids is 1. The first-order valence-corrected chi connectivity index (χ1v) is 4.88. The second-order valence-electron chi connectivity index (χ2n) is 3.65. The van der Waals surface area contributed by atoms with Crippen LogP contribution in [-0.2, 0) is 4.79 Å². The summed E-state index contributed by atoms with van der Waals surface area (Å²) < 4.78 is 0. The Balaban J connectivity index is 2.52. The number of nitrogens with zero attached hydrogens (tertiary/aromatic N) is 1. The van der Waals surface area contributed by atoms with Crippen molar-refractivity contribution >= 4 is 11.6 Å². The van der Waals surface area contributed by atoms with Gasteiger partial charge in [0, 0.05) is 12.1 Å². The van der Waals surface area contributed by atoms with Gasteiger partial charge < -0.3 is 5.32 Å². The van der Waals surface area contributed by atoms with E-state index < -0.39 is 0 Å². The van der Waals surface area contributed by atoms with Crippen molar-refractivity contribution in [2.45, 2.75) is 20.3 Å². The van der Waals surface area contributed by atoms with Gasteiger partial charge in [-0.25, -0.2) is 0 Å². The van der Waals surface area contributed by atoms with Gasteiger partial charge in [-0.2, -0.15) is 5.26 Å². The summed E-state index contributed by atoms with van der Waals surface area (Å²) in [6.07, 6.45) is 0.240. The lowest BCUT2D eigenvalue weighted by atomic mass is 10.1. The number of carbonyl (C=O) groups is 1. The highest BCUT2D eigenvalue weighted by Crippen LogP contribution is 2.10. The Hall–Kier alpha value is -1.82. The van der Waals surface area contributed by atoms with E-state index >= 15 is 0 Å². The Morgan fingerprint density at radius 3 is 2.60 bits per heavy atom. The molecule has 0 aliphatic rings. The summed E-state index contributed by atoms with van der Waals surface area (Å²) in [5.41, 5.74) is 1.93. The molecule has 78 valence electrons. The van der Waals surface area contributed by atoms with Crippen LogP contribution in [0.2, 0.25) is 0 Å². The van der Waals surface area contributed by atoms with Crippen LogP contribution in [0.25, 0.3) is 0 Å². The van der Waals surface area contributed by atoms with Gasteiger partial charge in [0.25, 0.3) is 0 Å². The fraction of sp³-hybridized carbons (Fsp3) is 0.333. The number of hydrogen-bond acceptors (Lipinski definition) is 2. The number of rotatable bonds is 3. The molecule has 1 aromatic rings. The third-order valence-corrected chi connectivity index (χ3v) is 2.05. The molecule has 0 aromatic heterocycles. The molecule has 1 unspecified atom stereocenters. The van der Waals surface area contributed by atoms with Crippen molar-refractivity contribution in [1.82, 2.24) is 0 Å². The SMILES string of the molecule is Cc1ccc(NC(=O)CC(C)C#N)cc1. The van der Waals surface area contributed by atoms with Gasteiger partial charge in [-0.15, -0.1) is 0 Å². The number of hydrogen-bond donors (Lipinski definition) is 1. The maximum absolute atomic E-state index is 11.4. The third kappa shape index (κ3) is 3.82. The fourth-order valence-corrected chi connectivity index (χ4v) is 1.17. The van der Waals surface area contributed by atoms with Crippen molar-refractivity contribution < 1.29 is 4.79 Å². The van der Waals surface area contributed by atoms with Crippen molar-refractivity contribution in [1.29, 1.82) is 5.26 Å². The molecule has 1 aromatic carbocycles. The normalized spacial score (nSPS) is 11.5. The molecule has 15 heavy (non-hydrogen) atoms. The summed E-state index contributed by atoms with van der Waals surface area (Å²) in [6, 6.07) is 9.60. The van der Waals surface area contributed by atoms with E-state index in [0.29, 0.717) is 0 Å². The molecule has 3 nitrogen and oxygen atoms in total. The van der Waals surface area contributed by atoms with Crippen LogP contribution in [0, 0.1) is 24.2 Å². The molecule has 0 saturated heterocycles. The highest BCUT2D eigenvalue weighted by atomic mass is 16.1. The number of amides is 1. The lowest BCUT2D eigenvalue weighted by Crippen LogP contribution is -2.14. The number of nitriles is 1. The van der Waals surface area contributed by atoms with Gasteiger partial charge in [0.1, 0.15) is 0 Å². The number of aryl methyl sites for hydroxylation is 1. The Morgan fingerprint density at radius 2 is 2.07 bits per heavy atom. The first kappa shape index (κ1) is 11.3. The minimum absolute atomic E-state index is 0.118. The first-order valence-electron chi connectivity index (χ1n) is 4.88. The van der Waals surface area contributed by atoms with Crippen LogP contribution in [0.5, 0.6) is 0 Å². The first-order chi connectivity index (χ1) is 7.11. The summed E-state index contributed by atoms with van der Waals surface area (Å²) >= 11 is 0. The van der Waals surface area contributed by atoms with Crippen LogP contribution >= 0.6 is 0 Å². The second-order valence-corrected chi connectivity index (χ2v) is 3.65. The number of benzene rings is 1. The minimum Gasteiger partial charge on any atom is -0.326 e. The lowest BCUT2D eigenvalue weighted by molar-refractivity contribution is -0.116. The van der Waals surface area contributed by atoms with Crippen molar-refractivity contribution in [2.24, 2.45) is 5.92 Å². The molecule has 0 bridgehead atoms.